The van der Waals surface area contributed by atoms with E-state index in [1.54, 1.807) is 21.3 Å². The lowest BCUT2D eigenvalue weighted by Gasteiger charge is -2.49. The van der Waals surface area contributed by atoms with Crippen LogP contribution in [0.25, 0.3) is 6.08 Å². The van der Waals surface area contributed by atoms with E-state index in [9.17, 15) is 4.79 Å². The van der Waals surface area contributed by atoms with E-state index < -0.39 is 5.66 Å². The maximum Gasteiger partial charge on any atom is 0.223 e. The molecule has 0 radical (unpaired) electrons. The van der Waals surface area contributed by atoms with Gasteiger partial charge in [-0.3, -0.25) is 4.79 Å². The number of ether oxygens (including phenoxy) is 3. The molecular formula is C25H30N2O4. The fourth-order valence-electron chi connectivity index (χ4n) is 4.88. The third-order valence-electron chi connectivity index (χ3n) is 6.59. The van der Waals surface area contributed by atoms with Crippen molar-refractivity contribution in [2.75, 3.05) is 32.8 Å². The van der Waals surface area contributed by atoms with Crippen molar-refractivity contribution < 1.29 is 19.0 Å². The molecule has 1 N–H and O–H groups in total. The van der Waals surface area contributed by atoms with E-state index in [1.807, 2.05) is 18.2 Å². The normalized spacial score (nSPS) is 21.5. The Labute approximate surface area is 183 Å². The molecule has 0 aromatic heterocycles. The first-order valence-corrected chi connectivity index (χ1v) is 10.5. The molecule has 1 atom stereocenters. The van der Waals surface area contributed by atoms with E-state index in [2.05, 4.69) is 55.3 Å². The molecule has 0 saturated carbocycles. The summed E-state index contributed by atoms with van der Waals surface area (Å²) >= 11 is 0. The highest BCUT2D eigenvalue weighted by Gasteiger charge is 2.57. The number of anilines is 1. The summed E-state index contributed by atoms with van der Waals surface area (Å²) in [5, 5.41) is 3.31. The second-order valence-corrected chi connectivity index (χ2v) is 8.65. The fourth-order valence-corrected chi connectivity index (χ4v) is 4.88. The maximum atomic E-state index is 12.6. The molecule has 2 aromatic rings. The zero-order chi connectivity index (χ0) is 22.4. The van der Waals surface area contributed by atoms with Crippen LogP contribution in [0.15, 0.2) is 36.4 Å². The number of nitrogens with one attached hydrogen (secondary N) is 1. The van der Waals surface area contributed by atoms with Gasteiger partial charge < -0.3 is 24.4 Å². The minimum Gasteiger partial charge on any atom is -0.493 e. The highest BCUT2D eigenvalue weighted by atomic mass is 16.5. The monoisotopic (exact) mass is 422 g/mol. The molecule has 2 aliphatic heterocycles. The van der Waals surface area contributed by atoms with Gasteiger partial charge in [-0.15, -0.1) is 0 Å². The van der Waals surface area contributed by atoms with Crippen molar-refractivity contribution in [1.82, 2.24) is 5.32 Å². The Morgan fingerprint density at radius 1 is 1.03 bits per heavy atom. The van der Waals surface area contributed by atoms with Crippen molar-refractivity contribution >= 4 is 17.7 Å². The van der Waals surface area contributed by atoms with Crippen LogP contribution >= 0.6 is 0 Å². The van der Waals surface area contributed by atoms with Crippen LogP contribution in [0.3, 0.4) is 0 Å². The number of amides is 1. The molecule has 2 aliphatic rings. The molecule has 1 amide bonds. The van der Waals surface area contributed by atoms with Crippen molar-refractivity contribution in [2.24, 2.45) is 0 Å². The van der Waals surface area contributed by atoms with Gasteiger partial charge in [-0.1, -0.05) is 37.6 Å². The van der Waals surface area contributed by atoms with Crippen LogP contribution in [0.2, 0.25) is 0 Å². The number of benzene rings is 2. The van der Waals surface area contributed by atoms with Crippen molar-refractivity contribution in [3.8, 4) is 17.2 Å². The average Bonchev–Trinajstić information content (AvgIpc) is 2.94. The lowest BCUT2D eigenvalue weighted by molar-refractivity contribution is -0.124. The van der Waals surface area contributed by atoms with Gasteiger partial charge in [0.05, 0.1) is 21.3 Å². The number of methoxy groups -OCH3 is 3. The van der Waals surface area contributed by atoms with E-state index in [1.165, 1.54) is 16.8 Å². The summed E-state index contributed by atoms with van der Waals surface area (Å²) in [5.74, 6) is 1.79. The van der Waals surface area contributed by atoms with Crippen molar-refractivity contribution in [3.63, 3.8) is 0 Å². The molecule has 0 aliphatic carbocycles. The Balaban J connectivity index is 1.84. The van der Waals surface area contributed by atoms with Crippen molar-refractivity contribution in [1.29, 1.82) is 0 Å². The molecule has 0 spiro atoms. The van der Waals surface area contributed by atoms with E-state index >= 15 is 0 Å². The minimum absolute atomic E-state index is 0.0587. The van der Waals surface area contributed by atoms with Crippen LogP contribution < -0.4 is 24.4 Å². The number of hydrogen-bond acceptors (Lipinski definition) is 5. The number of fused-ring (bicyclic) bond motifs is 3. The van der Waals surface area contributed by atoms with Crippen LogP contribution in [-0.4, -0.2) is 39.4 Å². The summed E-state index contributed by atoms with van der Waals surface area (Å²) < 4.78 is 16.4. The maximum absolute atomic E-state index is 12.6. The molecule has 2 aromatic carbocycles. The topological polar surface area (TPSA) is 60.0 Å². The van der Waals surface area contributed by atoms with E-state index in [0.29, 0.717) is 30.2 Å². The van der Waals surface area contributed by atoms with Gasteiger partial charge in [0, 0.05) is 24.1 Å². The first kappa shape index (κ1) is 21.1. The third-order valence-corrected chi connectivity index (χ3v) is 6.59. The van der Waals surface area contributed by atoms with Crippen LogP contribution in [0.1, 0.15) is 37.0 Å². The Bertz CT molecular complexity index is 1030. The second kappa shape index (κ2) is 7.52. The van der Waals surface area contributed by atoms with Crippen LogP contribution in [-0.2, 0) is 10.2 Å². The summed E-state index contributed by atoms with van der Waals surface area (Å²) in [5.41, 5.74) is 3.52. The van der Waals surface area contributed by atoms with Gasteiger partial charge >= 0.3 is 0 Å². The quantitative estimate of drug-likeness (QED) is 0.788. The third kappa shape index (κ3) is 3.12. The van der Waals surface area contributed by atoms with Gasteiger partial charge in [0.15, 0.2) is 11.5 Å². The molecule has 1 fully saturated rings. The predicted molar refractivity (Wildman–Crippen MR) is 122 cm³/mol. The molecule has 4 rings (SSSR count). The molecule has 0 unspecified atom stereocenters. The van der Waals surface area contributed by atoms with Gasteiger partial charge in [-0.2, -0.15) is 0 Å². The van der Waals surface area contributed by atoms with Gasteiger partial charge in [-0.05, 0) is 42.3 Å². The SMILES string of the molecule is COc1cc(C=C[C@@]23NC(=O)CCN2c2ccc(C)cc2C3(C)C)cc(OC)c1OC. The number of carbonyl (C=O) groups is 1. The van der Waals surface area contributed by atoms with Crippen LogP contribution in [0.5, 0.6) is 17.2 Å². The van der Waals surface area contributed by atoms with Gasteiger partial charge in [0.2, 0.25) is 11.7 Å². The first-order valence-electron chi connectivity index (χ1n) is 10.5. The highest BCUT2D eigenvalue weighted by Crippen LogP contribution is 2.52. The van der Waals surface area contributed by atoms with Gasteiger partial charge in [-0.25, -0.2) is 0 Å². The van der Waals surface area contributed by atoms with Crippen LogP contribution in [0, 0.1) is 6.92 Å². The number of aryl methyl sites for hydroxylation is 1. The van der Waals surface area contributed by atoms with Crippen LogP contribution in [0.4, 0.5) is 5.69 Å². The molecule has 6 heteroatoms. The molecule has 164 valence electrons. The summed E-state index contributed by atoms with van der Waals surface area (Å²) in [6.45, 7) is 7.16. The Kier molecular flexibility index (Phi) is 5.12. The Morgan fingerprint density at radius 2 is 1.71 bits per heavy atom. The Hall–Kier alpha value is -3.15. The number of hydrogen-bond donors (Lipinski definition) is 1. The fraction of sp³-hybridized carbons (Fsp3) is 0.400. The lowest BCUT2D eigenvalue weighted by atomic mass is 9.74. The first-order chi connectivity index (χ1) is 14.8. The summed E-state index contributed by atoms with van der Waals surface area (Å²) in [6.07, 6.45) is 4.59. The summed E-state index contributed by atoms with van der Waals surface area (Å²) in [6, 6.07) is 10.3. The highest BCUT2D eigenvalue weighted by molar-refractivity contribution is 5.85. The van der Waals surface area contributed by atoms with Gasteiger partial charge in [0.1, 0.15) is 5.66 Å². The minimum atomic E-state index is -0.668. The lowest BCUT2D eigenvalue weighted by Crippen LogP contribution is -2.68. The summed E-state index contributed by atoms with van der Waals surface area (Å²) in [4.78, 5) is 14.9. The molecule has 1 saturated heterocycles. The van der Waals surface area contributed by atoms with Crippen molar-refractivity contribution in [3.05, 3.63) is 53.1 Å². The molecule has 0 bridgehead atoms. The predicted octanol–water partition coefficient (Wildman–Crippen LogP) is 4.05. The van der Waals surface area contributed by atoms with Gasteiger partial charge in [0.25, 0.3) is 0 Å². The van der Waals surface area contributed by atoms with E-state index in [4.69, 9.17) is 14.2 Å². The van der Waals surface area contributed by atoms with E-state index in [-0.39, 0.29) is 11.3 Å². The molecule has 6 nitrogen and oxygen atoms in total. The van der Waals surface area contributed by atoms with E-state index in [0.717, 1.165) is 5.56 Å². The zero-order valence-electron chi connectivity index (χ0n) is 19.0. The second-order valence-electron chi connectivity index (χ2n) is 8.65. The number of rotatable bonds is 5. The van der Waals surface area contributed by atoms with Crippen molar-refractivity contribution in [2.45, 2.75) is 38.3 Å². The largest absolute Gasteiger partial charge is 0.493 e. The molecule has 2 heterocycles. The zero-order valence-corrected chi connectivity index (χ0v) is 19.0. The number of nitrogens with zero attached hydrogens (tertiary/aromatic N) is 1. The smallest absolute Gasteiger partial charge is 0.223 e. The Morgan fingerprint density at radius 3 is 2.32 bits per heavy atom. The average molecular weight is 423 g/mol. The summed E-state index contributed by atoms with van der Waals surface area (Å²) in [7, 11) is 4.79. The standard InChI is InChI=1S/C25H30N2O4/c1-16-7-8-19-18(13-16)24(2,3)25(26-22(28)10-12-27(19)25)11-9-17-14-20(29-4)23(31-6)21(15-17)30-5/h7-9,11,13-15H,10,12H2,1-6H3,(H,26,28)/t25-/m1/s1. The molecule has 31 heavy (non-hydrogen) atoms. The molecular weight excluding hydrogens is 392 g/mol. The number of carbonyl (C=O) groups excluding carboxylic acids is 1.